The van der Waals surface area contributed by atoms with Crippen LogP contribution in [0, 0.1) is 12.8 Å². The number of likely N-dealkylation sites (tertiary alicyclic amines) is 2. The number of rotatable bonds is 8. The maximum absolute atomic E-state index is 13.0. The largest absolute Gasteiger partial charge is 0.352 e. The minimum Gasteiger partial charge on any atom is -0.352 e. The minimum atomic E-state index is -0.0176. The topological polar surface area (TPSA) is 74.5 Å². The molecular weight excluding hydrogens is 438 g/mol. The molecule has 0 radical (unpaired) electrons. The van der Waals surface area contributed by atoms with Crippen LogP contribution in [0.3, 0.4) is 0 Å². The van der Waals surface area contributed by atoms with E-state index in [4.69, 9.17) is 4.52 Å². The first kappa shape index (κ1) is 23.7. The van der Waals surface area contributed by atoms with Gasteiger partial charge in [0.15, 0.2) is 0 Å². The summed E-state index contributed by atoms with van der Waals surface area (Å²) < 4.78 is 5.50. The number of nitrogens with one attached hydrogen (secondary N) is 1. The number of hydrogen-bond acceptors (Lipinski definition) is 6. The highest BCUT2D eigenvalue weighted by Crippen LogP contribution is 2.21. The highest BCUT2D eigenvalue weighted by atomic mass is 16.5. The number of carbonyl (C=O) groups excluding carboxylic acids is 1. The molecule has 184 valence electrons. The highest BCUT2D eigenvalue weighted by Gasteiger charge is 2.27. The van der Waals surface area contributed by atoms with Gasteiger partial charge in [-0.05, 0) is 63.4 Å². The second-order valence-electron chi connectivity index (χ2n) is 9.97. The van der Waals surface area contributed by atoms with Gasteiger partial charge in [0, 0.05) is 25.2 Å². The fraction of sp³-hybridized carbons (Fsp3) is 0.464. The van der Waals surface area contributed by atoms with Gasteiger partial charge in [0.2, 0.25) is 17.6 Å². The Hall–Kier alpha value is -3.03. The molecule has 1 amide bonds. The number of amides is 1. The van der Waals surface area contributed by atoms with Crippen LogP contribution >= 0.6 is 0 Å². The van der Waals surface area contributed by atoms with Crippen molar-refractivity contribution in [3.05, 3.63) is 71.1 Å². The lowest BCUT2D eigenvalue weighted by Gasteiger charge is -2.30. The predicted octanol–water partition coefficient (Wildman–Crippen LogP) is 4.17. The SMILES string of the molecule is Cc1ccc(-c2noc(CN3CCCC(C(=O)NCc4cccc(CN5CCCC5)c4)C3)n2)cc1. The Labute approximate surface area is 207 Å². The molecule has 2 aliphatic rings. The maximum Gasteiger partial charge on any atom is 0.241 e. The van der Waals surface area contributed by atoms with Gasteiger partial charge in [-0.25, -0.2) is 0 Å². The second-order valence-corrected chi connectivity index (χ2v) is 9.97. The summed E-state index contributed by atoms with van der Waals surface area (Å²) in [5.74, 6) is 1.32. The molecule has 2 aromatic carbocycles. The van der Waals surface area contributed by atoms with Crippen molar-refractivity contribution in [3.63, 3.8) is 0 Å². The molecule has 2 saturated heterocycles. The van der Waals surface area contributed by atoms with Crippen LogP contribution in [0.1, 0.15) is 48.3 Å². The predicted molar refractivity (Wildman–Crippen MR) is 135 cm³/mol. The molecule has 2 aliphatic heterocycles. The first-order chi connectivity index (χ1) is 17.1. The van der Waals surface area contributed by atoms with Gasteiger partial charge in [-0.1, -0.05) is 59.3 Å². The number of benzene rings is 2. The van der Waals surface area contributed by atoms with E-state index in [2.05, 4.69) is 56.4 Å². The lowest BCUT2D eigenvalue weighted by molar-refractivity contribution is -0.127. The number of carbonyl (C=O) groups is 1. The van der Waals surface area contributed by atoms with Crippen LogP contribution in [-0.2, 0) is 24.4 Å². The number of nitrogens with zero attached hydrogens (tertiary/aromatic N) is 4. The molecule has 7 heteroatoms. The first-order valence-electron chi connectivity index (χ1n) is 12.8. The molecule has 2 fully saturated rings. The first-order valence-corrected chi connectivity index (χ1v) is 12.8. The number of aryl methyl sites for hydroxylation is 1. The third-order valence-corrected chi connectivity index (χ3v) is 7.08. The fourth-order valence-corrected chi connectivity index (χ4v) is 5.11. The molecule has 1 atom stereocenters. The summed E-state index contributed by atoms with van der Waals surface area (Å²) in [6.07, 6.45) is 4.50. The van der Waals surface area contributed by atoms with Crippen LogP contribution in [0.25, 0.3) is 11.4 Å². The third-order valence-electron chi connectivity index (χ3n) is 7.08. The molecule has 1 unspecified atom stereocenters. The smallest absolute Gasteiger partial charge is 0.241 e. The molecule has 7 nitrogen and oxygen atoms in total. The lowest BCUT2D eigenvalue weighted by atomic mass is 9.97. The van der Waals surface area contributed by atoms with Crippen molar-refractivity contribution in [1.29, 1.82) is 0 Å². The van der Waals surface area contributed by atoms with Crippen molar-refractivity contribution in [2.75, 3.05) is 26.2 Å². The van der Waals surface area contributed by atoms with E-state index in [0.29, 0.717) is 31.3 Å². The van der Waals surface area contributed by atoms with Crippen LogP contribution in [0.4, 0.5) is 0 Å². The standard InChI is InChI=1S/C28H35N5O2/c1-21-9-11-24(12-10-21)27-30-26(35-31-27)20-33-15-5-8-25(19-33)28(34)29-17-22-6-4-7-23(16-22)18-32-13-2-3-14-32/h4,6-7,9-12,16,25H,2-3,5,8,13-15,17-20H2,1H3,(H,29,34). The fourth-order valence-electron chi connectivity index (χ4n) is 5.11. The summed E-state index contributed by atoms with van der Waals surface area (Å²) in [5, 5.41) is 7.32. The van der Waals surface area contributed by atoms with Gasteiger partial charge in [0.25, 0.3) is 0 Å². The maximum atomic E-state index is 13.0. The summed E-state index contributed by atoms with van der Waals surface area (Å²) in [5.41, 5.74) is 4.64. The summed E-state index contributed by atoms with van der Waals surface area (Å²) in [7, 11) is 0. The summed E-state index contributed by atoms with van der Waals surface area (Å²) >= 11 is 0. The molecule has 0 bridgehead atoms. The quantitative estimate of drug-likeness (QED) is 0.529. The van der Waals surface area contributed by atoms with Crippen LogP contribution in [0.2, 0.25) is 0 Å². The molecule has 3 heterocycles. The highest BCUT2D eigenvalue weighted by molar-refractivity contribution is 5.79. The normalized spacial score (nSPS) is 19.2. The molecule has 3 aromatic rings. The molecule has 0 saturated carbocycles. The molecule has 0 spiro atoms. The molecule has 35 heavy (non-hydrogen) atoms. The van der Waals surface area contributed by atoms with Gasteiger partial charge >= 0.3 is 0 Å². The van der Waals surface area contributed by atoms with Crippen LogP contribution in [0.15, 0.2) is 53.1 Å². The van der Waals surface area contributed by atoms with E-state index in [1.54, 1.807) is 0 Å². The molecule has 5 rings (SSSR count). The molecule has 0 aliphatic carbocycles. The third kappa shape index (κ3) is 6.35. The number of aromatic nitrogens is 2. The lowest BCUT2D eigenvalue weighted by Crippen LogP contribution is -2.42. The van der Waals surface area contributed by atoms with Crippen molar-refractivity contribution in [2.24, 2.45) is 5.92 Å². The average Bonchev–Trinajstić information content (AvgIpc) is 3.56. The van der Waals surface area contributed by atoms with E-state index in [1.807, 2.05) is 24.3 Å². The Morgan fingerprint density at radius 2 is 1.77 bits per heavy atom. The van der Waals surface area contributed by atoms with Crippen molar-refractivity contribution in [2.45, 2.75) is 52.2 Å². The number of piperidine rings is 1. The van der Waals surface area contributed by atoms with Gasteiger partial charge < -0.3 is 9.84 Å². The monoisotopic (exact) mass is 473 g/mol. The number of hydrogen-bond donors (Lipinski definition) is 1. The Bertz CT molecular complexity index is 1120. The van der Waals surface area contributed by atoms with Gasteiger partial charge in [0.05, 0.1) is 12.5 Å². The average molecular weight is 474 g/mol. The Morgan fingerprint density at radius 3 is 2.60 bits per heavy atom. The van der Waals surface area contributed by atoms with Crippen molar-refractivity contribution >= 4 is 5.91 Å². The van der Waals surface area contributed by atoms with Crippen LogP contribution in [-0.4, -0.2) is 52.0 Å². The molecule has 1 N–H and O–H groups in total. The van der Waals surface area contributed by atoms with Crippen molar-refractivity contribution < 1.29 is 9.32 Å². The zero-order chi connectivity index (χ0) is 24.0. The zero-order valence-electron chi connectivity index (χ0n) is 20.6. The summed E-state index contributed by atoms with van der Waals surface area (Å²) in [6, 6.07) is 16.7. The van der Waals surface area contributed by atoms with Gasteiger partial charge in [-0.15, -0.1) is 0 Å². The van der Waals surface area contributed by atoms with E-state index in [1.165, 1.54) is 37.1 Å². The minimum absolute atomic E-state index is 0.0176. The van der Waals surface area contributed by atoms with Crippen molar-refractivity contribution in [3.8, 4) is 11.4 Å². The van der Waals surface area contributed by atoms with Gasteiger partial charge in [0.1, 0.15) is 0 Å². The van der Waals surface area contributed by atoms with E-state index in [9.17, 15) is 4.79 Å². The zero-order valence-corrected chi connectivity index (χ0v) is 20.6. The Morgan fingerprint density at radius 1 is 1.00 bits per heavy atom. The van der Waals surface area contributed by atoms with E-state index >= 15 is 0 Å². The van der Waals surface area contributed by atoms with E-state index in [-0.39, 0.29) is 11.8 Å². The second kappa shape index (κ2) is 11.1. The van der Waals surface area contributed by atoms with E-state index in [0.717, 1.165) is 37.1 Å². The Kier molecular flexibility index (Phi) is 7.54. The van der Waals surface area contributed by atoms with Gasteiger partial charge in [-0.3, -0.25) is 14.6 Å². The summed E-state index contributed by atoms with van der Waals surface area (Å²) in [6.45, 7) is 8.23. The summed E-state index contributed by atoms with van der Waals surface area (Å²) in [4.78, 5) is 22.3. The van der Waals surface area contributed by atoms with Crippen LogP contribution in [0.5, 0.6) is 0 Å². The van der Waals surface area contributed by atoms with Gasteiger partial charge in [-0.2, -0.15) is 4.98 Å². The Balaban J connectivity index is 1.12. The molecular formula is C28H35N5O2. The van der Waals surface area contributed by atoms with Crippen molar-refractivity contribution in [1.82, 2.24) is 25.3 Å². The van der Waals surface area contributed by atoms with Crippen LogP contribution < -0.4 is 5.32 Å². The molecule has 1 aromatic heterocycles. The van der Waals surface area contributed by atoms with E-state index < -0.39 is 0 Å².